The van der Waals surface area contributed by atoms with Gasteiger partial charge in [-0.15, -0.1) is 0 Å². The van der Waals surface area contributed by atoms with Gasteiger partial charge in [0.05, 0.1) is 16.8 Å². The van der Waals surface area contributed by atoms with Crippen molar-refractivity contribution in [3.8, 4) is 17.1 Å². The molecule has 2 aromatic carbocycles. The van der Waals surface area contributed by atoms with Crippen LogP contribution in [0.4, 0.5) is 5.13 Å². The van der Waals surface area contributed by atoms with Crippen molar-refractivity contribution < 1.29 is 14.1 Å². The van der Waals surface area contributed by atoms with Crippen LogP contribution >= 0.6 is 22.9 Å². The van der Waals surface area contributed by atoms with Gasteiger partial charge in [0.2, 0.25) is 0 Å². The Labute approximate surface area is 195 Å². The van der Waals surface area contributed by atoms with Crippen LogP contribution in [0.3, 0.4) is 0 Å². The van der Waals surface area contributed by atoms with Crippen LogP contribution in [0.5, 0.6) is 5.75 Å². The Hall–Kier alpha value is -2.94. The number of halogens is 1. The molecular weight excluding hydrogens is 448 g/mol. The van der Waals surface area contributed by atoms with Crippen LogP contribution < -0.4 is 9.64 Å². The first-order valence-corrected chi connectivity index (χ1v) is 11.3. The highest BCUT2D eigenvalue weighted by atomic mass is 35.5. The zero-order chi connectivity index (χ0) is 22.7. The Morgan fingerprint density at radius 2 is 1.94 bits per heavy atom. The van der Waals surface area contributed by atoms with Crippen LogP contribution in [0.1, 0.15) is 16.9 Å². The number of benzene rings is 2. The van der Waals surface area contributed by atoms with Gasteiger partial charge in [-0.3, -0.25) is 9.69 Å². The van der Waals surface area contributed by atoms with Crippen LogP contribution in [0, 0.1) is 0 Å². The summed E-state index contributed by atoms with van der Waals surface area (Å²) in [5.74, 6) is 0.875. The van der Waals surface area contributed by atoms with Crippen molar-refractivity contribution in [2.75, 3.05) is 39.2 Å². The van der Waals surface area contributed by atoms with E-state index in [1.165, 1.54) is 11.3 Å². The lowest BCUT2D eigenvalue weighted by Crippen LogP contribution is -2.33. The van der Waals surface area contributed by atoms with E-state index in [0.29, 0.717) is 33.7 Å². The van der Waals surface area contributed by atoms with E-state index < -0.39 is 0 Å². The lowest BCUT2D eigenvalue weighted by Gasteiger charge is -2.19. The molecule has 0 radical (unpaired) electrons. The van der Waals surface area contributed by atoms with Crippen molar-refractivity contribution in [2.24, 2.45) is 0 Å². The number of hydrogen-bond donors (Lipinski definition) is 0. The van der Waals surface area contributed by atoms with Gasteiger partial charge in [-0.2, -0.15) is 0 Å². The number of carbonyl (C=O) groups is 1. The summed E-state index contributed by atoms with van der Waals surface area (Å²) in [5, 5.41) is 5.15. The molecule has 9 heteroatoms. The molecule has 1 amide bonds. The van der Waals surface area contributed by atoms with Crippen molar-refractivity contribution >= 4 is 44.2 Å². The van der Waals surface area contributed by atoms with Crippen LogP contribution in [0.25, 0.3) is 21.5 Å². The molecule has 32 heavy (non-hydrogen) atoms. The molecule has 0 aliphatic heterocycles. The highest BCUT2D eigenvalue weighted by Gasteiger charge is 2.25. The Morgan fingerprint density at radius 1 is 1.16 bits per heavy atom. The molecule has 0 unspecified atom stereocenters. The third-order valence-electron chi connectivity index (χ3n) is 4.92. The number of anilines is 1. The van der Waals surface area contributed by atoms with Gasteiger partial charge in [0.25, 0.3) is 5.91 Å². The topological polar surface area (TPSA) is 71.7 Å². The van der Waals surface area contributed by atoms with E-state index in [9.17, 15) is 4.79 Å². The zero-order valence-electron chi connectivity index (χ0n) is 18.0. The second-order valence-corrected chi connectivity index (χ2v) is 8.86. The highest BCUT2D eigenvalue weighted by molar-refractivity contribution is 7.23. The summed E-state index contributed by atoms with van der Waals surface area (Å²) in [6.07, 6.45) is 0.767. The quantitative estimate of drug-likeness (QED) is 0.352. The predicted octanol–water partition coefficient (Wildman–Crippen LogP) is 5.21. The monoisotopic (exact) mass is 470 g/mol. The van der Waals surface area contributed by atoms with Gasteiger partial charge < -0.3 is 14.2 Å². The molecule has 0 spiro atoms. The number of hydrogen-bond acceptors (Lipinski definition) is 7. The zero-order valence-corrected chi connectivity index (χ0v) is 19.6. The summed E-state index contributed by atoms with van der Waals surface area (Å²) in [7, 11) is 5.58. The summed E-state index contributed by atoms with van der Waals surface area (Å²) in [6, 6.07) is 14.8. The fourth-order valence-electron chi connectivity index (χ4n) is 3.30. The maximum absolute atomic E-state index is 13.5. The number of thiazole rings is 1. The lowest BCUT2D eigenvalue weighted by molar-refractivity contribution is 0.0977. The van der Waals surface area contributed by atoms with Crippen LogP contribution in [-0.4, -0.2) is 55.2 Å². The minimum Gasteiger partial charge on any atom is -0.494 e. The van der Waals surface area contributed by atoms with E-state index >= 15 is 0 Å². The molecular formula is C23H23ClN4O3S. The minimum absolute atomic E-state index is 0.228. The Kier molecular flexibility index (Phi) is 6.74. The van der Waals surface area contributed by atoms with Gasteiger partial charge in [0.15, 0.2) is 16.6 Å². The Morgan fingerprint density at radius 3 is 2.66 bits per heavy atom. The van der Waals surface area contributed by atoms with Crippen molar-refractivity contribution in [1.82, 2.24) is 15.0 Å². The molecule has 166 valence electrons. The molecule has 0 saturated carbocycles. The number of methoxy groups -OCH3 is 1. The van der Waals surface area contributed by atoms with Gasteiger partial charge in [0.1, 0.15) is 11.3 Å². The minimum atomic E-state index is -0.274. The van der Waals surface area contributed by atoms with Gasteiger partial charge in [-0.25, -0.2) is 4.98 Å². The molecule has 0 aliphatic carbocycles. The van der Waals surface area contributed by atoms with Gasteiger partial charge in [-0.1, -0.05) is 58.4 Å². The van der Waals surface area contributed by atoms with Crippen LogP contribution in [0.2, 0.25) is 5.02 Å². The summed E-state index contributed by atoms with van der Waals surface area (Å²) in [6.45, 7) is 1.30. The SMILES string of the molecule is COc1ccc(Cl)c2sc(N(CCCN(C)C)C(=O)c3cc(-c4ccccc4)on3)nc12. The molecule has 4 rings (SSSR count). The Bertz CT molecular complexity index is 1220. The third kappa shape index (κ3) is 4.62. The number of amides is 1. The van der Waals surface area contributed by atoms with Crippen molar-refractivity contribution in [3.63, 3.8) is 0 Å². The van der Waals surface area contributed by atoms with E-state index in [1.54, 1.807) is 30.2 Å². The van der Waals surface area contributed by atoms with Crippen molar-refractivity contribution in [2.45, 2.75) is 6.42 Å². The molecule has 7 nitrogen and oxygen atoms in total. The lowest BCUT2D eigenvalue weighted by atomic mass is 10.1. The number of fused-ring (bicyclic) bond motifs is 1. The maximum Gasteiger partial charge on any atom is 0.282 e. The van der Waals surface area contributed by atoms with E-state index in [-0.39, 0.29) is 11.6 Å². The number of carbonyl (C=O) groups excluding carboxylic acids is 1. The summed E-state index contributed by atoms with van der Waals surface area (Å²) < 4.78 is 11.7. The first kappa shape index (κ1) is 22.3. The van der Waals surface area contributed by atoms with E-state index in [0.717, 1.165) is 23.2 Å². The molecule has 0 fully saturated rings. The van der Waals surface area contributed by atoms with Crippen LogP contribution in [-0.2, 0) is 0 Å². The predicted molar refractivity (Wildman–Crippen MR) is 128 cm³/mol. The first-order chi connectivity index (χ1) is 15.5. The molecule has 0 aliphatic rings. The standard InChI is InChI=1S/C23H23ClN4O3S/c1-27(2)12-7-13-28(23-25-20-18(30-3)11-10-16(24)21(20)32-23)22(29)17-14-19(31-26-17)15-8-5-4-6-9-15/h4-6,8-11,14H,7,12-13H2,1-3H3. The smallest absolute Gasteiger partial charge is 0.282 e. The van der Waals surface area contributed by atoms with Crippen molar-refractivity contribution in [1.29, 1.82) is 0 Å². The largest absolute Gasteiger partial charge is 0.494 e. The van der Waals surface area contributed by atoms with Gasteiger partial charge >= 0.3 is 0 Å². The average molecular weight is 471 g/mol. The summed E-state index contributed by atoms with van der Waals surface area (Å²) >= 11 is 7.75. The normalized spacial score (nSPS) is 11.3. The molecule has 2 heterocycles. The summed E-state index contributed by atoms with van der Waals surface area (Å²) in [5.41, 5.74) is 1.72. The molecule has 0 N–H and O–H groups in total. The van der Waals surface area contributed by atoms with E-state index in [2.05, 4.69) is 10.1 Å². The Balaban J connectivity index is 1.69. The van der Waals surface area contributed by atoms with Crippen molar-refractivity contribution in [3.05, 3.63) is 59.2 Å². The van der Waals surface area contributed by atoms with Gasteiger partial charge in [-0.05, 0) is 39.2 Å². The second-order valence-electron chi connectivity index (χ2n) is 7.48. The molecule has 0 saturated heterocycles. The highest BCUT2D eigenvalue weighted by Crippen LogP contribution is 2.39. The fourth-order valence-corrected chi connectivity index (χ4v) is 4.58. The number of rotatable bonds is 8. The van der Waals surface area contributed by atoms with Gasteiger partial charge in [0, 0.05) is 18.2 Å². The molecule has 0 atom stereocenters. The fraction of sp³-hybridized carbons (Fsp3) is 0.261. The number of aromatic nitrogens is 2. The van der Waals surface area contributed by atoms with E-state index in [4.69, 9.17) is 25.8 Å². The van der Waals surface area contributed by atoms with Crippen LogP contribution in [0.15, 0.2) is 53.1 Å². The molecule has 0 bridgehead atoms. The molecule has 4 aromatic rings. The first-order valence-electron chi connectivity index (χ1n) is 10.1. The average Bonchev–Trinajstić information content (AvgIpc) is 3.46. The third-order valence-corrected chi connectivity index (χ3v) is 6.46. The number of nitrogens with zero attached hydrogens (tertiary/aromatic N) is 4. The molecule has 2 aromatic heterocycles. The second kappa shape index (κ2) is 9.68. The maximum atomic E-state index is 13.5. The number of ether oxygens (including phenoxy) is 1. The summed E-state index contributed by atoms with van der Waals surface area (Å²) in [4.78, 5) is 21.9. The van der Waals surface area contributed by atoms with E-state index in [1.807, 2.05) is 44.4 Å².